The molecule has 42 heavy (non-hydrogen) atoms. The molecule has 5 atom stereocenters. The van der Waals surface area contributed by atoms with Crippen LogP contribution in [-0.4, -0.2) is 70.9 Å². The summed E-state index contributed by atoms with van der Waals surface area (Å²) in [6, 6.07) is 19.9. The summed E-state index contributed by atoms with van der Waals surface area (Å²) < 4.78 is 43.7. The lowest BCUT2D eigenvalue weighted by Gasteiger charge is -2.46. The molecule has 0 amide bonds. The highest BCUT2D eigenvalue weighted by Crippen LogP contribution is 2.38. The number of carbonyl (C=O) groups is 1. The van der Waals surface area contributed by atoms with Gasteiger partial charge in [-0.05, 0) is 50.0 Å². The fourth-order valence-electron chi connectivity index (χ4n) is 4.35. The number of esters is 1. The predicted octanol–water partition coefficient (Wildman–Crippen LogP) is 6.28. The first kappa shape index (κ1) is 34.4. The number of carbonyl (C=O) groups excluding carboxylic acids is 1. The molecule has 234 valence electrons. The standard InChI is InChI=1S/C33H50O8Si/c1-32(2,3)41-27(34)23-38-30-29(37-21-25-18-14-11-15-19-25)28(36-20-24-16-12-10-13-17-24)26(40-31(30)35-7)22-39-42(8,9)33(4,5)6/h10-19,26,28-31H,20-23H2,1-9H3/t26-,28-,29+,30-,31+/m1/s1. The van der Waals surface area contributed by atoms with E-state index in [2.05, 4.69) is 33.9 Å². The van der Waals surface area contributed by atoms with E-state index in [1.54, 1.807) is 7.11 Å². The van der Waals surface area contributed by atoms with Crippen LogP contribution in [0.1, 0.15) is 52.7 Å². The third-order valence-corrected chi connectivity index (χ3v) is 12.1. The van der Waals surface area contributed by atoms with Crippen molar-refractivity contribution in [2.45, 2.75) is 109 Å². The molecule has 1 saturated heterocycles. The second kappa shape index (κ2) is 15.1. The molecule has 0 N–H and O–H groups in total. The van der Waals surface area contributed by atoms with Crippen LogP contribution in [0.3, 0.4) is 0 Å². The summed E-state index contributed by atoms with van der Waals surface area (Å²) in [5.74, 6) is -0.482. The van der Waals surface area contributed by atoms with E-state index in [0.717, 1.165) is 11.1 Å². The lowest BCUT2D eigenvalue weighted by molar-refractivity contribution is -0.318. The minimum Gasteiger partial charge on any atom is -0.458 e. The van der Waals surface area contributed by atoms with E-state index in [0.29, 0.717) is 19.8 Å². The first-order valence-electron chi connectivity index (χ1n) is 14.7. The van der Waals surface area contributed by atoms with E-state index in [4.69, 9.17) is 32.8 Å². The Bertz CT molecular complexity index is 1080. The largest absolute Gasteiger partial charge is 0.458 e. The van der Waals surface area contributed by atoms with Crippen LogP contribution in [0.4, 0.5) is 0 Å². The summed E-state index contributed by atoms with van der Waals surface area (Å²) in [5, 5.41) is 0.0188. The zero-order valence-electron chi connectivity index (χ0n) is 26.8. The number of methoxy groups -OCH3 is 1. The van der Waals surface area contributed by atoms with Gasteiger partial charge in [-0.1, -0.05) is 81.4 Å². The highest BCUT2D eigenvalue weighted by Gasteiger charge is 2.50. The monoisotopic (exact) mass is 602 g/mol. The maximum Gasteiger partial charge on any atom is 0.332 e. The predicted molar refractivity (Wildman–Crippen MR) is 164 cm³/mol. The average Bonchev–Trinajstić information content (AvgIpc) is 2.92. The second-order valence-corrected chi connectivity index (χ2v) is 18.0. The minimum atomic E-state index is -2.11. The number of ether oxygens (including phenoxy) is 6. The molecule has 2 aromatic rings. The molecule has 0 saturated carbocycles. The minimum absolute atomic E-state index is 0.0188. The van der Waals surface area contributed by atoms with Gasteiger partial charge in [0, 0.05) is 7.11 Å². The molecule has 0 aromatic heterocycles. The summed E-state index contributed by atoms with van der Waals surface area (Å²) >= 11 is 0. The second-order valence-electron chi connectivity index (χ2n) is 13.2. The van der Waals surface area contributed by atoms with Crippen molar-refractivity contribution >= 4 is 14.3 Å². The molecule has 1 aliphatic rings. The molecule has 0 bridgehead atoms. The number of hydrogen-bond acceptors (Lipinski definition) is 8. The highest BCUT2D eigenvalue weighted by atomic mass is 28.4. The Labute approximate surface area is 253 Å². The first-order chi connectivity index (χ1) is 19.7. The molecule has 0 spiro atoms. The van der Waals surface area contributed by atoms with Gasteiger partial charge in [-0.2, -0.15) is 0 Å². The van der Waals surface area contributed by atoms with Crippen LogP contribution in [0.5, 0.6) is 0 Å². The molecule has 8 nitrogen and oxygen atoms in total. The maximum absolute atomic E-state index is 12.6. The Morgan fingerprint density at radius 2 is 1.31 bits per heavy atom. The van der Waals surface area contributed by atoms with E-state index >= 15 is 0 Å². The Morgan fingerprint density at radius 1 is 0.786 bits per heavy atom. The Balaban J connectivity index is 1.92. The molecule has 9 heteroatoms. The van der Waals surface area contributed by atoms with Gasteiger partial charge in [0.15, 0.2) is 14.6 Å². The summed E-state index contributed by atoms with van der Waals surface area (Å²) in [4.78, 5) is 12.6. The lowest BCUT2D eigenvalue weighted by Crippen LogP contribution is -2.62. The van der Waals surface area contributed by atoms with Gasteiger partial charge in [0.25, 0.3) is 0 Å². The smallest absolute Gasteiger partial charge is 0.332 e. The van der Waals surface area contributed by atoms with Crippen molar-refractivity contribution < 1.29 is 37.6 Å². The maximum atomic E-state index is 12.6. The Hall–Kier alpha value is -2.11. The molecule has 1 fully saturated rings. The molecule has 0 unspecified atom stereocenters. The van der Waals surface area contributed by atoms with Crippen LogP contribution in [0, 0.1) is 0 Å². The van der Waals surface area contributed by atoms with Crippen LogP contribution >= 0.6 is 0 Å². The summed E-state index contributed by atoms with van der Waals surface area (Å²) in [5.41, 5.74) is 1.38. The van der Waals surface area contributed by atoms with Crippen LogP contribution < -0.4 is 0 Å². The zero-order valence-corrected chi connectivity index (χ0v) is 27.8. The highest BCUT2D eigenvalue weighted by molar-refractivity contribution is 6.74. The van der Waals surface area contributed by atoms with E-state index in [-0.39, 0.29) is 11.6 Å². The van der Waals surface area contributed by atoms with Gasteiger partial charge in [-0.25, -0.2) is 4.79 Å². The SMILES string of the molecule is CO[C@H]1O[C@H](CO[Si](C)(C)C(C)(C)C)[C@@H](OCc2ccccc2)[C@H](OCc2ccccc2)[C@H]1OCC(=O)OC(C)(C)C. The van der Waals surface area contributed by atoms with Gasteiger partial charge < -0.3 is 32.8 Å². The van der Waals surface area contributed by atoms with E-state index in [1.807, 2.05) is 81.4 Å². The zero-order chi connectivity index (χ0) is 31.0. The fraction of sp³-hybridized carbons (Fsp3) is 0.606. The van der Waals surface area contributed by atoms with Crippen molar-refractivity contribution in [1.82, 2.24) is 0 Å². The fourth-order valence-corrected chi connectivity index (χ4v) is 5.36. The van der Waals surface area contributed by atoms with Crippen molar-refractivity contribution in [3.63, 3.8) is 0 Å². The third-order valence-electron chi connectivity index (χ3n) is 7.62. The van der Waals surface area contributed by atoms with Crippen LogP contribution in [-0.2, 0) is 50.9 Å². The van der Waals surface area contributed by atoms with Gasteiger partial charge in [0.2, 0.25) is 0 Å². The van der Waals surface area contributed by atoms with Crippen LogP contribution in [0.2, 0.25) is 18.1 Å². The average molecular weight is 603 g/mol. The summed E-state index contributed by atoms with van der Waals surface area (Å²) in [6.45, 7) is 17.2. The topological polar surface area (TPSA) is 81.7 Å². The number of benzene rings is 2. The van der Waals surface area contributed by atoms with Crippen molar-refractivity contribution in [1.29, 1.82) is 0 Å². The van der Waals surface area contributed by atoms with E-state index in [9.17, 15) is 4.79 Å². The van der Waals surface area contributed by atoms with Crippen LogP contribution in [0.15, 0.2) is 60.7 Å². The van der Waals surface area contributed by atoms with Crippen molar-refractivity contribution in [3.8, 4) is 0 Å². The molecular weight excluding hydrogens is 552 g/mol. The molecule has 2 aromatic carbocycles. The molecule has 0 aliphatic carbocycles. The number of rotatable bonds is 13. The van der Waals surface area contributed by atoms with Crippen molar-refractivity contribution in [2.75, 3.05) is 20.3 Å². The molecule has 3 rings (SSSR count). The molecular formula is C33H50O8Si. The van der Waals surface area contributed by atoms with Gasteiger partial charge in [0.05, 0.1) is 19.8 Å². The molecule has 1 heterocycles. The summed E-state index contributed by atoms with van der Waals surface area (Å²) in [6.07, 6.45) is -3.30. The molecule has 0 radical (unpaired) electrons. The number of hydrogen-bond donors (Lipinski definition) is 0. The summed E-state index contributed by atoms with van der Waals surface area (Å²) in [7, 11) is -0.555. The Morgan fingerprint density at radius 3 is 1.79 bits per heavy atom. The Kier molecular flexibility index (Phi) is 12.3. The van der Waals surface area contributed by atoms with Gasteiger partial charge in [-0.3, -0.25) is 0 Å². The van der Waals surface area contributed by atoms with Crippen LogP contribution in [0.25, 0.3) is 0 Å². The van der Waals surface area contributed by atoms with Gasteiger partial charge in [-0.15, -0.1) is 0 Å². The van der Waals surface area contributed by atoms with Crippen molar-refractivity contribution in [2.24, 2.45) is 0 Å². The van der Waals surface area contributed by atoms with Gasteiger partial charge >= 0.3 is 5.97 Å². The molecule has 1 aliphatic heterocycles. The third kappa shape index (κ3) is 10.3. The first-order valence-corrected chi connectivity index (χ1v) is 17.6. The van der Waals surface area contributed by atoms with Crippen molar-refractivity contribution in [3.05, 3.63) is 71.8 Å². The normalized spacial score (nSPS) is 23.5. The lowest BCUT2D eigenvalue weighted by atomic mass is 9.98. The quantitative estimate of drug-likeness (QED) is 0.196. The van der Waals surface area contributed by atoms with E-state index < -0.39 is 50.6 Å². The van der Waals surface area contributed by atoms with E-state index in [1.165, 1.54) is 0 Å². The van der Waals surface area contributed by atoms with Gasteiger partial charge in [0.1, 0.15) is 36.6 Å².